The molecule has 6 nitrogen and oxygen atoms in total. The number of rotatable bonds is 4. The lowest BCUT2D eigenvalue weighted by Gasteiger charge is -2.16. The molecule has 0 aromatic heterocycles. The molecule has 0 saturated carbocycles. The highest BCUT2D eigenvalue weighted by molar-refractivity contribution is 8.14. The molecular weight excluding hydrogens is 515 g/mol. The molecule has 0 fully saturated rings. The van der Waals surface area contributed by atoms with Gasteiger partial charge in [0, 0.05) is 82.5 Å². The molecule has 0 saturated heterocycles. The Bertz CT molecular complexity index is 1450. The van der Waals surface area contributed by atoms with Crippen LogP contribution in [0.3, 0.4) is 0 Å². The van der Waals surface area contributed by atoms with Gasteiger partial charge in [-0.2, -0.15) is 0 Å². The zero-order valence-electron chi connectivity index (χ0n) is 19.0. The van der Waals surface area contributed by atoms with Gasteiger partial charge >= 0.3 is 0 Å². The third-order valence-electron chi connectivity index (χ3n) is 5.21. The number of hydrogen-bond donors (Lipinski definition) is 0. The van der Waals surface area contributed by atoms with Crippen LogP contribution >= 0.6 is 21.4 Å². The standard InChI is InChI=1S/2C12H12ClNO2S/c2*1-14(2)11-7-3-6-10-9(11)5-4-8-12(10)17(13,15)16/h2*3-8H,1-2H3. The lowest BCUT2D eigenvalue weighted by atomic mass is 10.1. The van der Waals surface area contributed by atoms with Gasteiger partial charge in [0.1, 0.15) is 0 Å². The quantitative estimate of drug-likeness (QED) is 0.312. The molecule has 10 heteroatoms. The number of halogens is 2. The minimum atomic E-state index is -3.72. The van der Waals surface area contributed by atoms with Crippen molar-refractivity contribution in [2.75, 3.05) is 38.0 Å². The molecular formula is C24H24Cl2N2O4S2. The molecule has 4 aromatic rings. The first kappa shape index (κ1) is 26.1. The Balaban J connectivity index is 0.000000191. The van der Waals surface area contributed by atoms with Crippen LogP contribution in [0.15, 0.2) is 82.6 Å². The second-order valence-electron chi connectivity index (χ2n) is 7.92. The highest BCUT2D eigenvalue weighted by Gasteiger charge is 2.16. The second-order valence-corrected chi connectivity index (χ2v) is 13.0. The lowest BCUT2D eigenvalue weighted by molar-refractivity contribution is 0.608. The summed E-state index contributed by atoms with van der Waals surface area (Å²) in [6.07, 6.45) is 0. The van der Waals surface area contributed by atoms with Gasteiger partial charge in [-0.15, -0.1) is 0 Å². The van der Waals surface area contributed by atoms with E-state index in [1.165, 1.54) is 12.1 Å². The summed E-state index contributed by atoms with van der Waals surface area (Å²) < 4.78 is 45.9. The van der Waals surface area contributed by atoms with E-state index < -0.39 is 18.1 Å². The van der Waals surface area contributed by atoms with Crippen LogP contribution in [0.25, 0.3) is 21.5 Å². The Morgan fingerprint density at radius 1 is 0.500 bits per heavy atom. The van der Waals surface area contributed by atoms with Gasteiger partial charge in [0.25, 0.3) is 18.1 Å². The van der Waals surface area contributed by atoms with E-state index in [2.05, 4.69) is 0 Å². The van der Waals surface area contributed by atoms with Crippen molar-refractivity contribution in [3.05, 3.63) is 72.8 Å². The van der Waals surface area contributed by atoms with Gasteiger partial charge in [-0.3, -0.25) is 0 Å². The maximum atomic E-state index is 11.5. The van der Waals surface area contributed by atoms with Crippen LogP contribution < -0.4 is 9.80 Å². The zero-order chi connectivity index (χ0) is 25.3. The SMILES string of the molecule is CN(C)c1cccc2c(S(=O)(=O)Cl)cccc12.CN(C)c1cccc2c(S(=O)(=O)Cl)cccc12. The van der Waals surface area contributed by atoms with Crippen LogP contribution in [0, 0.1) is 0 Å². The third kappa shape index (κ3) is 5.58. The Hall–Kier alpha value is -2.52. The molecule has 0 amide bonds. The molecule has 0 bridgehead atoms. The van der Waals surface area contributed by atoms with Gasteiger partial charge in [-0.1, -0.05) is 48.5 Å². The maximum absolute atomic E-state index is 11.5. The molecule has 0 aliphatic rings. The van der Waals surface area contributed by atoms with Crippen LogP contribution in [0.2, 0.25) is 0 Å². The highest BCUT2D eigenvalue weighted by Crippen LogP contribution is 2.32. The number of fused-ring (bicyclic) bond motifs is 2. The lowest BCUT2D eigenvalue weighted by Crippen LogP contribution is -2.09. The molecule has 0 radical (unpaired) electrons. The Kier molecular flexibility index (Phi) is 7.67. The van der Waals surface area contributed by atoms with E-state index in [1.807, 2.05) is 74.4 Å². The fraction of sp³-hybridized carbons (Fsp3) is 0.167. The van der Waals surface area contributed by atoms with Crippen LogP contribution in [0.1, 0.15) is 0 Å². The Morgan fingerprint density at radius 2 is 0.794 bits per heavy atom. The molecule has 0 spiro atoms. The molecule has 0 unspecified atom stereocenters. The topological polar surface area (TPSA) is 74.8 Å². The fourth-order valence-electron chi connectivity index (χ4n) is 3.73. The van der Waals surface area contributed by atoms with Crippen molar-refractivity contribution >= 4 is 72.4 Å². The van der Waals surface area contributed by atoms with E-state index in [0.717, 1.165) is 22.1 Å². The van der Waals surface area contributed by atoms with E-state index in [-0.39, 0.29) is 9.79 Å². The molecule has 0 aliphatic heterocycles. The van der Waals surface area contributed by atoms with Gasteiger partial charge in [-0.05, 0) is 24.3 Å². The third-order valence-corrected chi connectivity index (χ3v) is 7.97. The molecule has 0 atom stereocenters. The second kappa shape index (κ2) is 10.00. The monoisotopic (exact) mass is 538 g/mol. The van der Waals surface area contributed by atoms with Crippen molar-refractivity contribution in [3.8, 4) is 0 Å². The van der Waals surface area contributed by atoms with Crippen molar-refractivity contribution in [1.29, 1.82) is 0 Å². The summed E-state index contributed by atoms with van der Waals surface area (Å²) in [6.45, 7) is 0. The smallest absolute Gasteiger partial charge is 0.261 e. The summed E-state index contributed by atoms with van der Waals surface area (Å²) in [4.78, 5) is 4.18. The van der Waals surface area contributed by atoms with E-state index >= 15 is 0 Å². The average molecular weight is 540 g/mol. The predicted octanol–water partition coefficient (Wildman–Crippen LogP) is 5.67. The maximum Gasteiger partial charge on any atom is 0.261 e. The Morgan fingerprint density at radius 3 is 1.09 bits per heavy atom. The molecule has 0 heterocycles. The highest BCUT2D eigenvalue weighted by atomic mass is 35.7. The summed E-state index contributed by atoms with van der Waals surface area (Å²) in [5.41, 5.74) is 1.93. The normalized spacial score (nSPS) is 11.7. The van der Waals surface area contributed by atoms with Crippen molar-refractivity contribution in [2.45, 2.75) is 9.79 Å². The van der Waals surface area contributed by atoms with Gasteiger partial charge in [0.15, 0.2) is 0 Å². The molecule has 4 aromatic carbocycles. The summed E-state index contributed by atoms with van der Waals surface area (Å²) in [5, 5.41) is 3.04. The van der Waals surface area contributed by atoms with Gasteiger partial charge in [0.05, 0.1) is 9.79 Å². The van der Waals surface area contributed by atoms with E-state index in [4.69, 9.17) is 21.4 Å². The van der Waals surface area contributed by atoms with Crippen LogP contribution in [0.4, 0.5) is 11.4 Å². The largest absolute Gasteiger partial charge is 0.377 e. The van der Waals surface area contributed by atoms with Crippen LogP contribution in [-0.4, -0.2) is 45.0 Å². The van der Waals surface area contributed by atoms with E-state index in [9.17, 15) is 16.8 Å². The Labute approximate surface area is 209 Å². The summed E-state index contributed by atoms with van der Waals surface area (Å²) >= 11 is 0. The van der Waals surface area contributed by atoms with Crippen molar-refractivity contribution in [2.24, 2.45) is 0 Å². The van der Waals surface area contributed by atoms with Crippen LogP contribution in [-0.2, 0) is 18.1 Å². The number of hydrogen-bond acceptors (Lipinski definition) is 6. The molecule has 180 valence electrons. The minimum Gasteiger partial charge on any atom is -0.377 e. The van der Waals surface area contributed by atoms with Gasteiger partial charge in [0.2, 0.25) is 0 Å². The van der Waals surface area contributed by atoms with E-state index in [0.29, 0.717) is 10.8 Å². The summed E-state index contributed by atoms with van der Waals surface area (Å²) in [5.74, 6) is 0. The first-order chi connectivity index (χ1) is 15.8. The summed E-state index contributed by atoms with van der Waals surface area (Å²) in [7, 11) is 11.1. The molecule has 4 rings (SSSR count). The van der Waals surface area contributed by atoms with Crippen molar-refractivity contribution in [1.82, 2.24) is 0 Å². The van der Waals surface area contributed by atoms with E-state index in [1.54, 1.807) is 24.3 Å². The average Bonchev–Trinajstić information content (AvgIpc) is 2.76. The number of anilines is 2. The van der Waals surface area contributed by atoms with Gasteiger partial charge < -0.3 is 9.80 Å². The number of benzene rings is 4. The number of nitrogens with zero attached hydrogens (tertiary/aromatic N) is 2. The fourth-order valence-corrected chi connectivity index (χ4v) is 5.91. The van der Waals surface area contributed by atoms with Gasteiger partial charge in [-0.25, -0.2) is 16.8 Å². The van der Waals surface area contributed by atoms with Crippen molar-refractivity contribution in [3.63, 3.8) is 0 Å². The molecule has 0 aliphatic carbocycles. The van der Waals surface area contributed by atoms with Crippen molar-refractivity contribution < 1.29 is 16.8 Å². The first-order valence-electron chi connectivity index (χ1n) is 10.1. The minimum absolute atomic E-state index is 0.153. The zero-order valence-corrected chi connectivity index (χ0v) is 22.2. The molecule has 0 N–H and O–H groups in total. The van der Waals surface area contributed by atoms with Crippen LogP contribution in [0.5, 0.6) is 0 Å². The predicted molar refractivity (Wildman–Crippen MR) is 143 cm³/mol. The summed E-state index contributed by atoms with van der Waals surface area (Å²) in [6, 6.07) is 21.2. The molecule has 34 heavy (non-hydrogen) atoms. The first-order valence-corrected chi connectivity index (χ1v) is 14.7.